The second-order valence-corrected chi connectivity index (χ2v) is 5.80. The van der Waals surface area contributed by atoms with E-state index >= 15 is 0 Å². The lowest BCUT2D eigenvalue weighted by molar-refractivity contribution is -0.122. The first-order valence-electron chi connectivity index (χ1n) is 8.09. The molecular weight excluding hydrogens is 334 g/mol. The summed E-state index contributed by atoms with van der Waals surface area (Å²) in [6, 6.07) is 11.4. The van der Waals surface area contributed by atoms with Crippen LogP contribution in [0.2, 0.25) is 0 Å². The van der Waals surface area contributed by atoms with Crippen molar-refractivity contribution < 1.29 is 23.9 Å². The van der Waals surface area contributed by atoms with Crippen molar-refractivity contribution in [2.45, 2.75) is 26.9 Å². The van der Waals surface area contributed by atoms with Gasteiger partial charge in [-0.15, -0.1) is 0 Å². The van der Waals surface area contributed by atoms with E-state index in [4.69, 9.17) is 9.47 Å². The van der Waals surface area contributed by atoms with Crippen LogP contribution in [0.15, 0.2) is 42.5 Å². The number of amides is 1. The van der Waals surface area contributed by atoms with Gasteiger partial charge in [0.05, 0.1) is 7.11 Å². The first kappa shape index (κ1) is 19.2. The third-order valence-corrected chi connectivity index (χ3v) is 3.80. The average Bonchev–Trinajstić information content (AvgIpc) is 2.62. The smallest absolute Gasteiger partial charge is 0.265 e. The van der Waals surface area contributed by atoms with Crippen molar-refractivity contribution >= 4 is 23.2 Å². The molecule has 6 nitrogen and oxygen atoms in total. The van der Waals surface area contributed by atoms with Gasteiger partial charge in [0.25, 0.3) is 5.91 Å². The minimum atomic E-state index is -0.792. The molecule has 2 rings (SSSR count). The minimum Gasteiger partial charge on any atom is -0.493 e. The van der Waals surface area contributed by atoms with Crippen LogP contribution >= 0.6 is 0 Å². The average molecular weight is 355 g/mol. The fourth-order valence-electron chi connectivity index (χ4n) is 2.26. The Hall–Kier alpha value is -3.15. The van der Waals surface area contributed by atoms with E-state index in [9.17, 15) is 14.4 Å². The summed E-state index contributed by atoms with van der Waals surface area (Å²) >= 11 is 0. The van der Waals surface area contributed by atoms with Crippen LogP contribution in [-0.2, 0) is 4.79 Å². The van der Waals surface area contributed by atoms with E-state index in [1.54, 1.807) is 49.4 Å². The second-order valence-electron chi connectivity index (χ2n) is 5.80. The monoisotopic (exact) mass is 355 g/mol. The molecule has 0 saturated heterocycles. The number of benzene rings is 2. The number of anilines is 1. The molecule has 2 aromatic carbocycles. The quantitative estimate of drug-likeness (QED) is 0.769. The van der Waals surface area contributed by atoms with Gasteiger partial charge in [0.1, 0.15) is 0 Å². The molecule has 1 amide bonds. The van der Waals surface area contributed by atoms with Crippen molar-refractivity contribution in [3.63, 3.8) is 0 Å². The number of ketones is 2. The molecule has 0 aliphatic rings. The Bertz CT molecular complexity index is 827. The largest absolute Gasteiger partial charge is 0.493 e. The molecular formula is C20H21NO5. The number of ether oxygens (including phenoxy) is 2. The predicted molar refractivity (Wildman–Crippen MR) is 98.2 cm³/mol. The van der Waals surface area contributed by atoms with Crippen molar-refractivity contribution in [1.29, 1.82) is 0 Å². The Morgan fingerprint density at radius 1 is 0.885 bits per heavy atom. The molecule has 136 valence electrons. The van der Waals surface area contributed by atoms with E-state index in [1.807, 2.05) is 0 Å². The first-order valence-corrected chi connectivity index (χ1v) is 8.09. The molecule has 0 aromatic heterocycles. The van der Waals surface area contributed by atoms with Gasteiger partial charge in [0, 0.05) is 16.8 Å². The number of hydrogen-bond acceptors (Lipinski definition) is 5. The van der Waals surface area contributed by atoms with Crippen molar-refractivity contribution in [3.8, 4) is 11.5 Å². The molecule has 0 aliphatic carbocycles. The van der Waals surface area contributed by atoms with Crippen LogP contribution in [0.3, 0.4) is 0 Å². The standard InChI is InChI=1S/C20H21NO5/c1-12(22)15-5-8-17(9-6-15)21-20(24)14(3)26-18-10-7-16(13(2)23)11-19(18)25-4/h5-11,14H,1-4H3,(H,21,24)/t14-/m1/s1. The summed E-state index contributed by atoms with van der Waals surface area (Å²) in [6.45, 7) is 4.55. The number of hydrogen-bond donors (Lipinski definition) is 1. The molecule has 0 aliphatic heterocycles. The Kier molecular flexibility index (Phi) is 6.11. The van der Waals surface area contributed by atoms with Gasteiger partial charge in [-0.2, -0.15) is 0 Å². The molecule has 0 unspecified atom stereocenters. The summed E-state index contributed by atoms with van der Waals surface area (Å²) in [6.07, 6.45) is -0.792. The predicted octanol–water partition coefficient (Wildman–Crippen LogP) is 3.51. The summed E-state index contributed by atoms with van der Waals surface area (Å²) in [5, 5.41) is 2.72. The summed E-state index contributed by atoms with van der Waals surface area (Å²) in [4.78, 5) is 35.0. The van der Waals surface area contributed by atoms with E-state index in [0.29, 0.717) is 28.3 Å². The zero-order chi connectivity index (χ0) is 19.3. The van der Waals surface area contributed by atoms with Crippen molar-refractivity contribution in [2.24, 2.45) is 0 Å². The molecule has 1 atom stereocenters. The summed E-state index contributed by atoms with van der Waals surface area (Å²) in [7, 11) is 1.47. The van der Waals surface area contributed by atoms with E-state index < -0.39 is 6.10 Å². The van der Waals surface area contributed by atoms with Crippen LogP contribution in [0.1, 0.15) is 41.5 Å². The minimum absolute atomic E-state index is 0.0410. The lowest BCUT2D eigenvalue weighted by atomic mass is 10.1. The first-order chi connectivity index (χ1) is 12.3. The normalized spacial score (nSPS) is 11.4. The van der Waals surface area contributed by atoms with E-state index in [0.717, 1.165) is 0 Å². The van der Waals surface area contributed by atoms with Gasteiger partial charge in [-0.3, -0.25) is 14.4 Å². The SMILES string of the molecule is COc1cc(C(C)=O)ccc1O[C@H](C)C(=O)Nc1ccc(C(C)=O)cc1. The number of nitrogens with one attached hydrogen (secondary N) is 1. The van der Waals surface area contributed by atoms with E-state index in [2.05, 4.69) is 5.32 Å². The van der Waals surface area contributed by atoms with Crippen molar-refractivity contribution in [3.05, 3.63) is 53.6 Å². The van der Waals surface area contributed by atoms with Gasteiger partial charge < -0.3 is 14.8 Å². The topological polar surface area (TPSA) is 81.7 Å². The maximum atomic E-state index is 12.3. The number of Topliss-reactive ketones (excluding diaryl/α,β-unsaturated/α-hetero) is 2. The Morgan fingerprint density at radius 2 is 1.46 bits per heavy atom. The molecule has 2 aromatic rings. The summed E-state index contributed by atoms with van der Waals surface area (Å²) in [5.74, 6) is 0.267. The van der Waals surface area contributed by atoms with Gasteiger partial charge in [-0.25, -0.2) is 0 Å². The number of rotatable bonds is 7. The van der Waals surface area contributed by atoms with Crippen LogP contribution in [0.25, 0.3) is 0 Å². The lowest BCUT2D eigenvalue weighted by Crippen LogP contribution is -2.30. The fourth-order valence-corrected chi connectivity index (χ4v) is 2.26. The number of methoxy groups -OCH3 is 1. The molecule has 0 bridgehead atoms. The van der Waals surface area contributed by atoms with Gasteiger partial charge in [-0.1, -0.05) is 0 Å². The van der Waals surface area contributed by atoms with Gasteiger partial charge in [0.2, 0.25) is 0 Å². The molecule has 0 spiro atoms. The molecule has 0 heterocycles. The third-order valence-electron chi connectivity index (χ3n) is 3.80. The zero-order valence-corrected chi connectivity index (χ0v) is 15.2. The Balaban J connectivity index is 2.06. The second kappa shape index (κ2) is 8.29. The van der Waals surface area contributed by atoms with E-state index in [-0.39, 0.29) is 17.5 Å². The molecule has 6 heteroatoms. The van der Waals surface area contributed by atoms with Crippen LogP contribution in [0.5, 0.6) is 11.5 Å². The number of carbonyl (C=O) groups excluding carboxylic acids is 3. The molecule has 1 N–H and O–H groups in total. The van der Waals surface area contributed by atoms with Gasteiger partial charge >= 0.3 is 0 Å². The fraction of sp³-hybridized carbons (Fsp3) is 0.250. The Morgan fingerprint density at radius 3 is 2.00 bits per heavy atom. The van der Waals surface area contributed by atoms with Crippen molar-refractivity contribution in [1.82, 2.24) is 0 Å². The lowest BCUT2D eigenvalue weighted by Gasteiger charge is -2.17. The summed E-state index contributed by atoms with van der Waals surface area (Å²) in [5.41, 5.74) is 1.63. The van der Waals surface area contributed by atoms with Crippen LogP contribution in [0, 0.1) is 0 Å². The molecule has 0 radical (unpaired) electrons. The molecule has 0 fully saturated rings. The van der Waals surface area contributed by atoms with Crippen LogP contribution in [-0.4, -0.2) is 30.7 Å². The maximum Gasteiger partial charge on any atom is 0.265 e. The van der Waals surface area contributed by atoms with Gasteiger partial charge in [0.15, 0.2) is 29.2 Å². The highest BCUT2D eigenvalue weighted by Gasteiger charge is 2.18. The highest BCUT2D eigenvalue weighted by Crippen LogP contribution is 2.29. The maximum absolute atomic E-state index is 12.3. The summed E-state index contributed by atoms with van der Waals surface area (Å²) < 4.78 is 10.9. The van der Waals surface area contributed by atoms with Crippen LogP contribution < -0.4 is 14.8 Å². The molecule has 0 saturated carbocycles. The van der Waals surface area contributed by atoms with E-state index in [1.165, 1.54) is 21.0 Å². The zero-order valence-electron chi connectivity index (χ0n) is 15.2. The Labute approximate surface area is 152 Å². The van der Waals surface area contributed by atoms with Gasteiger partial charge in [-0.05, 0) is 63.2 Å². The molecule has 26 heavy (non-hydrogen) atoms. The highest BCUT2D eigenvalue weighted by molar-refractivity contribution is 5.97. The third kappa shape index (κ3) is 4.69. The van der Waals surface area contributed by atoms with Crippen LogP contribution in [0.4, 0.5) is 5.69 Å². The van der Waals surface area contributed by atoms with Crippen molar-refractivity contribution in [2.75, 3.05) is 12.4 Å². The highest BCUT2D eigenvalue weighted by atomic mass is 16.5. The number of carbonyl (C=O) groups is 3.